The molecule has 0 saturated carbocycles. The number of hydrogen-bond acceptors (Lipinski definition) is 4. The zero-order valence-corrected chi connectivity index (χ0v) is 12.2. The van der Waals surface area contributed by atoms with Crippen LogP contribution in [0.3, 0.4) is 0 Å². The van der Waals surface area contributed by atoms with Crippen LogP contribution >= 0.6 is 0 Å². The van der Waals surface area contributed by atoms with Crippen LogP contribution in [0.1, 0.15) is 22.8 Å². The van der Waals surface area contributed by atoms with Crippen molar-refractivity contribution in [2.24, 2.45) is 0 Å². The molecule has 2 amide bonds. The molecule has 22 heavy (non-hydrogen) atoms. The van der Waals surface area contributed by atoms with Gasteiger partial charge in [-0.05, 0) is 36.2 Å². The van der Waals surface area contributed by atoms with Gasteiger partial charge in [0.1, 0.15) is 5.75 Å². The number of amides is 2. The van der Waals surface area contributed by atoms with E-state index >= 15 is 0 Å². The highest BCUT2D eigenvalue weighted by Crippen LogP contribution is 2.12. The van der Waals surface area contributed by atoms with E-state index in [0.717, 1.165) is 6.42 Å². The second-order valence-electron chi connectivity index (χ2n) is 4.52. The Bertz CT molecular complexity index is 627. The molecule has 0 bridgehead atoms. The smallest absolute Gasteiger partial charge is 0.276 e. The summed E-state index contributed by atoms with van der Waals surface area (Å²) in [5.41, 5.74) is 6.20. The quantitative estimate of drug-likeness (QED) is 0.820. The maximum Gasteiger partial charge on any atom is 0.276 e. The minimum Gasteiger partial charge on any atom is -0.484 e. The van der Waals surface area contributed by atoms with Gasteiger partial charge >= 0.3 is 0 Å². The second-order valence-corrected chi connectivity index (χ2v) is 4.52. The number of ether oxygens (including phenoxy) is 1. The van der Waals surface area contributed by atoms with Crippen molar-refractivity contribution in [2.45, 2.75) is 13.3 Å². The minimum absolute atomic E-state index is 0.178. The highest BCUT2D eigenvalue weighted by Gasteiger charge is 2.07. The number of hydrazine groups is 1. The summed E-state index contributed by atoms with van der Waals surface area (Å²) < 4.78 is 5.33. The number of aromatic nitrogens is 1. The molecule has 6 nitrogen and oxygen atoms in total. The summed E-state index contributed by atoms with van der Waals surface area (Å²) in [5.74, 6) is -0.252. The SMILES string of the molecule is CCc1ccc(OCC(=O)NNC(=O)c2ccncc2)cc1. The van der Waals surface area contributed by atoms with Crippen molar-refractivity contribution in [1.29, 1.82) is 0 Å². The maximum absolute atomic E-state index is 11.7. The molecular formula is C16H17N3O3. The zero-order chi connectivity index (χ0) is 15.8. The van der Waals surface area contributed by atoms with Crippen molar-refractivity contribution in [1.82, 2.24) is 15.8 Å². The van der Waals surface area contributed by atoms with E-state index < -0.39 is 11.8 Å². The van der Waals surface area contributed by atoms with Crippen molar-refractivity contribution in [3.63, 3.8) is 0 Å². The monoisotopic (exact) mass is 299 g/mol. The predicted molar refractivity (Wildman–Crippen MR) is 81.2 cm³/mol. The molecule has 1 aromatic heterocycles. The van der Waals surface area contributed by atoms with Crippen LogP contribution in [0.2, 0.25) is 0 Å². The summed E-state index contributed by atoms with van der Waals surface area (Å²) in [5, 5.41) is 0. The Morgan fingerprint density at radius 1 is 1.05 bits per heavy atom. The summed E-state index contributed by atoms with van der Waals surface area (Å²) >= 11 is 0. The van der Waals surface area contributed by atoms with Gasteiger partial charge in [-0.1, -0.05) is 19.1 Å². The van der Waals surface area contributed by atoms with Crippen molar-refractivity contribution in [3.8, 4) is 5.75 Å². The van der Waals surface area contributed by atoms with E-state index in [1.807, 2.05) is 24.3 Å². The molecule has 0 atom stereocenters. The van der Waals surface area contributed by atoms with E-state index in [-0.39, 0.29) is 6.61 Å². The normalized spacial score (nSPS) is 9.86. The molecule has 1 heterocycles. The number of carbonyl (C=O) groups excluding carboxylic acids is 2. The second kappa shape index (κ2) is 7.78. The molecule has 1 aromatic carbocycles. The Morgan fingerprint density at radius 3 is 2.36 bits per heavy atom. The number of carbonyl (C=O) groups is 2. The van der Waals surface area contributed by atoms with Gasteiger partial charge in [-0.2, -0.15) is 0 Å². The van der Waals surface area contributed by atoms with Gasteiger partial charge in [-0.3, -0.25) is 25.4 Å². The van der Waals surface area contributed by atoms with Crippen LogP contribution in [0, 0.1) is 0 Å². The average Bonchev–Trinajstić information content (AvgIpc) is 2.59. The largest absolute Gasteiger partial charge is 0.484 e. The first-order valence-electron chi connectivity index (χ1n) is 6.90. The zero-order valence-electron chi connectivity index (χ0n) is 12.2. The Hall–Kier alpha value is -2.89. The van der Waals surface area contributed by atoms with Crippen LogP contribution in [0.15, 0.2) is 48.8 Å². The summed E-state index contributed by atoms with van der Waals surface area (Å²) in [4.78, 5) is 27.1. The molecule has 0 aliphatic rings. The van der Waals surface area contributed by atoms with Crippen LogP contribution in [0.4, 0.5) is 0 Å². The number of hydrogen-bond donors (Lipinski definition) is 2. The molecule has 114 valence electrons. The fourth-order valence-corrected chi connectivity index (χ4v) is 1.71. The van der Waals surface area contributed by atoms with E-state index in [1.165, 1.54) is 18.0 Å². The Labute approximate surface area is 128 Å². The highest BCUT2D eigenvalue weighted by atomic mass is 16.5. The Kier molecular flexibility index (Phi) is 5.48. The van der Waals surface area contributed by atoms with Crippen LogP contribution in [-0.2, 0) is 11.2 Å². The number of benzene rings is 1. The van der Waals surface area contributed by atoms with E-state index in [0.29, 0.717) is 11.3 Å². The lowest BCUT2D eigenvalue weighted by Crippen LogP contribution is -2.43. The molecule has 2 N–H and O–H groups in total. The maximum atomic E-state index is 11.7. The van der Waals surface area contributed by atoms with Crippen molar-refractivity contribution >= 4 is 11.8 Å². The third-order valence-corrected chi connectivity index (χ3v) is 2.96. The lowest BCUT2D eigenvalue weighted by atomic mass is 10.2. The minimum atomic E-state index is -0.443. The topological polar surface area (TPSA) is 80.3 Å². The lowest BCUT2D eigenvalue weighted by Gasteiger charge is -2.09. The highest BCUT2D eigenvalue weighted by molar-refractivity contribution is 5.95. The molecule has 0 unspecified atom stereocenters. The average molecular weight is 299 g/mol. The molecule has 0 aliphatic carbocycles. The van der Waals surface area contributed by atoms with Gasteiger partial charge in [0.15, 0.2) is 6.61 Å². The van der Waals surface area contributed by atoms with Crippen molar-refractivity contribution in [3.05, 3.63) is 59.9 Å². The van der Waals surface area contributed by atoms with Gasteiger partial charge in [0.05, 0.1) is 0 Å². The first-order chi connectivity index (χ1) is 10.7. The van der Waals surface area contributed by atoms with Gasteiger partial charge < -0.3 is 4.74 Å². The predicted octanol–water partition coefficient (Wildman–Crippen LogP) is 1.48. The third kappa shape index (κ3) is 4.59. The number of pyridine rings is 1. The van der Waals surface area contributed by atoms with E-state index in [2.05, 4.69) is 22.8 Å². The van der Waals surface area contributed by atoms with Gasteiger partial charge in [-0.25, -0.2) is 0 Å². The van der Waals surface area contributed by atoms with Crippen molar-refractivity contribution in [2.75, 3.05) is 6.61 Å². The Morgan fingerprint density at radius 2 is 1.73 bits per heavy atom. The Balaban J connectivity index is 1.74. The molecule has 0 spiro atoms. The van der Waals surface area contributed by atoms with Crippen LogP contribution in [0.25, 0.3) is 0 Å². The molecule has 0 fully saturated rings. The van der Waals surface area contributed by atoms with Gasteiger partial charge in [0.2, 0.25) is 0 Å². The van der Waals surface area contributed by atoms with Gasteiger partial charge in [0.25, 0.3) is 11.8 Å². The number of aryl methyl sites for hydroxylation is 1. The van der Waals surface area contributed by atoms with E-state index in [9.17, 15) is 9.59 Å². The van der Waals surface area contributed by atoms with E-state index in [1.54, 1.807) is 12.1 Å². The van der Waals surface area contributed by atoms with E-state index in [4.69, 9.17) is 4.74 Å². The van der Waals surface area contributed by atoms with Crippen LogP contribution in [0.5, 0.6) is 5.75 Å². The molecule has 0 aliphatic heterocycles. The standard InChI is InChI=1S/C16H17N3O3/c1-2-12-3-5-14(6-4-12)22-11-15(20)18-19-16(21)13-7-9-17-10-8-13/h3-10H,2,11H2,1H3,(H,18,20)(H,19,21). The molecule has 0 saturated heterocycles. The summed E-state index contributed by atoms with van der Waals surface area (Å²) in [6.45, 7) is 1.89. The van der Waals surface area contributed by atoms with Crippen LogP contribution in [-0.4, -0.2) is 23.4 Å². The molecule has 6 heteroatoms. The van der Waals surface area contributed by atoms with Gasteiger partial charge in [0, 0.05) is 18.0 Å². The number of nitrogens with one attached hydrogen (secondary N) is 2. The molecule has 2 aromatic rings. The third-order valence-electron chi connectivity index (χ3n) is 2.96. The van der Waals surface area contributed by atoms with Crippen molar-refractivity contribution < 1.29 is 14.3 Å². The van der Waals surface area contributed by atoms with Crippen LogP contribution < -0.4 is 15.6 Å². The number of rotatable bonds is 5. The fourth-order valence-electron chi connectivity index (χ4n) is 1.71. The summed E-state index contributed by atoms with van der Waals surface area (Å²) in [7, 11) is 0. The molecular weight excluding hydrogens is 282 g/mol. The fraction of sp³-hybridized carbons (Fsp3) is 0.188. The summed E-state index contributed by atoms with van der Waals surface area (Å²) in [6, 6.07) is 10.6. The first-order valence-corrected chi connectivity index (χ1v) is 6.90. The first kappa shape index (κ1) is 15.5. The molecule has 2 rings (SSSR count). The molecule has 0 radical (unpaired) electrons. The van der Waals surface area contributed by atoms with Gasteiger partial charge in [-0.15, -0.1) is 0 Å². The number of nitrogens with zero attached hydrogens (tertiary/aromatic N) is 1. The lowest BCUT2D eigenvalue weighted by molar-refractivity contribution is -0.123. The summed E-state index contributed by atoms with van der Waals surface area (Å²) in [6.07, 6.45) is 3.95.